The van der Waals surface area contributed by atoms with Crippen molar-refractivity contribution >= 4 is 23.4 Å². The summed E-state index contributed by atoms with van der Waals surface area (Å²) in [6, 6.07) is 0.136. The molecule has 1 N–H and O–H groups in total. The van der Waals surface area contributed by atoms with Gasteiger partial charge in [0.2, 0.25) is 5.95 Å². The van der Waals surface area contributed by atoms with E-state index in [0.717, 1.165) is 13.0 Å². The first-order valence-corrected chi connectivity index (χ1v) is 7.52. The van der Waals surface area contributed by atoms with E-state index < -0.39 is 0 Å². The van der Waals surface area contributed by atoms with Crippen molar-refractivity contribution in [2.45, 2.75) is 26.3 Å². The molecule has 120 valence electrons. The predicted molar refractivity (Wildman–Crippen MR) is 86.4 cm³/mol. The molecule has 0 bridgehead atoms. The van der Waals surface area contributed by atoms with Gasteiger partial charge in [0, 0.05) is 27.3 Å². The minimum Gasteiger partial charge on any atom is -0.383 e. The number of nitrogens with zero attached hydrogens (tertiary/aromatic N) is 3. The molecule has 0 saturated heterocycles. The zero-order valence-electron chi connectivity index (χ0n) is 13.2. The van der Waals surface area contributed by atoms with Crippen molar-refractivity contribution < 1.29 is 9.47 Å². The minimum atomic E-state index is 0.136. The van der Waals surface area contributed by atoms with E-state index in [1.165, 1.54) is 0 Å². The van der Waals surface area contributed by atoms with Gasteiger partial charge < -0.3 is 19.7 Å². The summed E-state index contributed by atoms with van der Waals surface area (Å²) in [4.78, 5) is 10.8. The summed E-state index contributed by atoms with van der Waals surface area (Å²) in [5.41, 5.74) is 0. The highest BCUT2D eigenvalue weighted by atomic mass is 35.5. The van der Waals surface area contributed by atoms with Gasteiger partial charge in [0.15, 0.2) is 5.82 Å². The summed E-state index contributed by atoms with van der Waals surface area (Å²) < 4.78 is 10.4. The van der Waals surface area contributed by atoms with Gasteiger partial charge in [-0.15, -0.1) is 0 Å². The smallest absolute Gasteiger partial charge is 0.224 e. The molecule has 1 heterocycles. The Labute approximate surface area is 131 Å². The molecule has 1 atom stereocenters. The third kappa shape index (κ3) is 5.65. The van der Waals surface area contributed by atoms with Crippen molar-refractivity contribution in [3.05, 3.63) is 11.2 Å². The van der Waals surface area contributed by atoms with E-state index in [1.807, 2.05) is 0 Å². The molecule has 21 heavy (non-hydrogen) atoms. The van der Waals surface area contributed by atoms with E-state index in [2.05, 4.69) is 34.0 Å². The molecular formula is C14H25ClN4O2. The molecule has 0 fully saturated rings. The highest BCUT2D eigenvalue weighted by molar-refractivity contribution is 6.32. The Hall–Kier alpha value is -1.11. The van der Waals surface area contributed by atoms with Crippen LogP contribution in [0.2, 0.25) is 5.02 Å². The molecule has 7 heteroatoms. The van der Waals surface area contributed by atoms with E-state index in [0.29, 0.717) is 36.5 Å². The Morgan fingerprint density at radius 2 is 2.14 bits per heavy atom. The highest BCUT2D eigenvalue weighted by Gasteiger charge is 2.19. The van der Waals surface area contributed by atoms with E-state index in [9.17, 15) is 0 Å². The van der Waals surface area contributed by atoms with Crippen LogP contribution in [0.15, 0.2) is 6.20 Å². The lowest BCUT2D eigenvalue weighted by molar-refractivity contribution is 0.170. The lowest BCUT2D eigenvalue weighted by Gasteiger charge is -2.30. The third-order valence-electron chi connectivity index (χ3n) is 3.01. The molecule has 1 rings (SSSR count). The van der Waals surface area contributed by atoms with Crippen molar-refractivity contribution in [2.24, 2.45) is 0 Å². The van der Waals surface area contributed by atoms with Gasteiger partial charge in [0.1, 0.15) is 5.02 Å². The van der Waals surface area contributed by atoms with Crippen molar-refractivity contribution in [1.82, 2.24) is 9.97 Å². The summed E-state index contributed by atoms with van der Waals surface area (Å²) in [5.74, 6) is 1.29. The molecule has 0 aliphatic rings. The number of anilines is 2. The third-order valence-corrected chi connectivity index (χ3v) is 3.27. The van der Waals surface area contributed by atoms with E-state index in [1.54, 1.807) is 20.4 Å². The first-order valence-electron chi connectivity index (χ1n) is 7.14. The number of nitrogens with one attached hydrogen (secondary N) is 1. The van der Waals surface area contributed by atoms with Crippen LogP contribution < -0.4 is 10.2 Å². The fourth-order valence-corrected chi connectivity index (χ4v) is 2.14. The number of ether oxygens (including phenoxy) is 2. The quantitative estimate of drug-likeness (QED) is 0.715. The number of hydrogen-bond acceptors (Lipinski definition) is 6. The first kappa shape index (κ1) is 17.9. The Morgan fingerprint density at radius 3 is 2.76 bits per heavy atom. The van der Waals surface area contributed by atoms with Crippen LogP contribution in [-0.4, -0.2) is 56.5 Å². The van der Waals surface area contributed by atoms with Crippen molar-refractivity contribution in [3.63, 3.8) is 0 Å². The second-order valence-corrected chi connectivity index (χ2v) is 5.19. The van der Waals surface area contributed by atoms with Gasteiger partial charge in [-0.2, -0.15) is 4.98 Å². The molecule has 0 radical (unpaired) electrons. The van der Waals surface area contributed by atoms with Crippen LogP contribution in [-0.2, 0) is 9.47 Å². The van der Waals surface area contributed by atoms with Crippen LogP contribution in [0.5, 0.6) is 0 Å². The van der Waals surface area contributed by atoms with E-state index >= 15 is 0 Å². The number of halogens is 1. The highest BCUT2D eigenvalue weighted by Crippen LogP contribution is 2.25. The van der Waals surface area contributed by atoms with Crippen molar-refractivity contribution in [3.8, 4) is 0 Å². The minimum absolute atomic E-state index is 0.136. The maximum Gasteiger partial charge on any atom is 0.224 e. The van der Waals surface area contributed by atoms with Gasteiger partial charge in [0.25, 0.3) is 0 Å². The van der Waals surface area contributed by atoms with Crippen LogP contribution in [0.1, 0.15) is 20.3 Å². The summed E-state index contributed by atoms with van der Waals surface area (Å²) in [5, 5.41) is 3.70. The second kappa shape index (κ2) is 9.76. The Bertz CT molecular complexity index is 420. The fraction of sp³-hybridized carbons (Fsp3) is 0.714. The number of aromatic nitrogens is 2. The molecule has 0 aliphatic heterocycles. The van der Waals surface area contributed by atoms with Crippen molar-refractivity contribution in [1.29, 1.82) is 0 Å². The average molecular weight is 317 g/mol. The zero-order chi connectivity index (χ0) is 15.7. The molecule has 0 amide bonds. The Balaban J connectivity index is 2.97. The monoisotopic (exact) mass is 316 g/mol. The Kier molecular flexibility index (Phi) is 8.34. The van der Waals surface area contributed by atoms with Gasteiger partial charge in [-0.1, -0.05) is 18.5 Å². The molecule has 6 nitrogen and oxygen atoms in total. The number of rotatable bonds is 10. The van der Waals surface area contributed by atoms with Crippen molar-refractivity contribution in [2.75, 3.05) is 50.7 Å². The summed E-state index contributed by atoms with van der Waals surface area (Å²) in [6.07, 6.45) is 2.63. The predicted octanol–water partition coefficient (Wildman–Crippen LogP) is 2.44. The standard InChI is InChI=1S/C14H25ClN4O2/c1-5-6-16-14-17-9-12(15)13(18-14)19(7-8-20-3)11(2)10-21-4/h9,11H,5-8,10H2,1-4H3,(H,16,17,18). The topological polar surface area (TPSA) is 59.5 Å². The molecule has 1 aromatic heterocycles. The maximum atomic E-state index is 6.27. The normalized spacial score (nSPS) is 12.2. The number of hydrogen-bond donors (Lipinski definition) is 1. The molecule has 0 aromatic carbocycles. The molecule has 1 aromatic rings. The van der Waals surface area contributed by atoms with Gasteiger partial charge in [0.05, 0.1) is 25.5 Å². The molecular weight excluding hydrogens is 292 g/mol. The first-order chi connectivity index (χ1) is 10.1. The van der Waals surface area contributed by atoms with Gasteiger partial charge in [-0.25, -0.2) is 4.98 Å². The lowest BCUT2D eigenvalue weighted by Crippen LogP contribution is -2.39. The SMILES string of the molecule is CCCNc1ncc(Cl)c(N(CCOC)C(C)COC)n1. The summed E-state index contributed by atoms with van der Waals surface area (Å²) in [6.45, 7) is 6.84. The second-order valence-electron chi connectivity index (χ2n) is 4.78. The van der Waals surface area contributed by atoms with Gasteiger partial charge >= 0.3 is 0 Å². The van der Waals surface area contributed by atoms with Crippen LogP contribution in [0.4, 0.5) is 11.8 Å². The molecule has 0 aliphatic carbocycles. The van der Waals surface area contributed by atoms with Crippen LogP contribution in [0, 0.1) is 0 Å². The largest absolute Gasteiger partial charge is 0.383 e. The molecule has 0 spiro atoms. The number of methoxy groups -OCH3 is 2. The van der Waals surface area contributed by atoms with Gasteiger partial charge in [-0.3, -0.25) is 0 Å². The fourth-order valence-electron chi connectivity index (χ4n) is 1.94. The van der Waals surface area contributed by atoms with Gasteiger partial charge in [-0.05, 0) is 13.3 Å². The summed E-state index contributed by atoms with van der Waals surface area (Å²) in [7, 11) is 3.36. The molecule has 1 unspecified atom stereocenters. The van der Waals surface area contributed by atoms with Crippen LogP contribution >= 0.6 is 11.6 Å². The molecule has 0 saturated carbocycles. The Morgan fingerprint density at radius 1 is 1.38 bits per heavy atom. The average Bonchev–Trinajstić information content (AvgIpc) is 2.48. The van der Waals surface area contributed by atoms with Crippen LogP contribution in [0.3, 0.4) is 0 Å². The lowest BCUT2D eigenvalue weighted by atomic mass is 10.3. The maximum absolute atomic E-state index is 6.27. The summed E-state index contributed by atoms with van der Waals surface area (Å²) >= 11 is 6.27. The van der Waals surface area contributed by atoms with E-state index in [-0.39, 0.29) is 6.04 Å². The van der Waals surface area contributed by atoms with E-state index in [4.69, 9.17) is 21.1 Å². The zero-order valence-corrected chi connectivity index (χ0v) is 14.0. The van der Waals surface area contributed by atoms with Crippen LogP contribution in [0.25, 0.3) is 0 Å².